The number of nitrogens with zero attached hydrogens (tertiary/aromatic N) is 2. The zero-order valence-corrected chi connectivity index (χ0v) is 17.1. The molecule has 0 aliphatic carbocycles. The van der Waals surface area contributed by atoms with Crippen molar-refractivity contribution in [3.05, 3.63) is 101 Å². The summed E-state index contributed by atoms with van der Waals surface area (Å²) in [5.41, 5.74) is 2.72. The predicted octanol–water partition coefficient (Wildman–Crippen LogP) is 4.49. The highest BCUT2D eigenvalue weighted by Gasteiger charge is 2.31. The highest BCUT2D eigenvalue weighted by molar-refractivity contribution is 6.30. The van der Waals surface area contributed by atoms with Gasteiger partial charge in [-0.15, -0.1) is 0 Å². The number of benzene rings is 3. The third-order valence-electron chi connectivity index (χ3n) is 5.12. The molecule has 1 aliphatic rings. The fraction of sp³-hybridized carbons (Fsp3) is 0.167. The molecule has 1 fully saturated rings. The van der Waals surface area contributed by atoms with Crippen LogP contribution in [0.5, 0.6) is 0 Å². The van der Waals surface area contributed by atoms with Crippen LogP contribution in [0.3, 0.4) is 0 Å². The Hall–Kier alpha value is -3.31. The highest BCUT2D eigenvalue weighted by atomic mass is 35.5. The first kappa shape index (κ1) is 20.0. The lowest BCUT2D eigenvalue weighted by Gasteiger charge is -2.22. The van der Waals surface area contributed by atoms with Crippen molar-refractivity contribution in [2.45, 2.75) is 6.04 Å². The van der Waals surface area contributed by atoms with Crippen molar-refractivity contribution >= 4 is 29.2 Å². The number of hydrogen-bond donors (Lipinski definition) is 1. The van der Waals surface area contributed by atoms with Gasteiger partial charge in [0.1, 0.15) is 6.54 Å². The first-order valence-electron chi connectivity index (χ1n) is 9.83. The topological polar surface area (TPSA) is 52.7 Å². The zero-order chi connectivity index (χ0) is 20.9. The van der Waals surface area contributed by atoms with Gasteiger partial charge in [-0.25, -0.2) is 4.79 Å². The van der Waals surface area contributed by atoms with E-state index >= 15 is 0 Å². The van der Waals surface area contributed by atoms with Crippen LogP contribution in [0.25, 0.3) is 0 Å². The molecule has 4 rings (SSSR count). The van der Waals surface area contributed by atoms with E-state index < -0.39 is 0 Å². The molecule has 1 N–H and O–H groups in total. The maximum Gasteiger partial charge on any atom is 0.325 e. The first-order chi connectivity index (χ1) is 14.6. The summed E-state index contributed by atoms with van der Waals surface area (Å²) in [5.74, 6) is -0.200. The van der Waals surface area contributed by atoms with Gasteiger partial charge in [0.15, 0.2) is 0 Å². The SMILES string of the molecule is O=C(CN1CCN(c2cccc(Cl)c2)C1=O)NC(c1ccccc1)c1ccccc1. The van der Waals surface area contributed by atoms with Gasteiger partial charge in [-0.2, -0.15) is 0 Å². The van der Waals surface area contributed by atoms with Crippen LogP contribution in [0.1, 0.15) is 17.2 Å². The van der Waals surface area contributed by atoms with E-state index in [-0.39, 0.29) is 24.5 Å². The fourth-order valence-corrected chi connectivity index (χ4v) is 3.83. The molecule has 30 heavy (non-hydrogen) atoms. The second-order valence-corrected chi connectivity index (χ2v) is 7.59. The molecule has 1 aliphatic heterocycles. The van der Waals surface area contributed by atoms with Gasteiger partial charge < -0.3 is 10.2 Å². The predicted molar refractivity (Wildman–Crippen MR) is 119 cm³/mol. The molecule has 3 amide bonds. The normalized spacial score (nSPS) is 13.7. The van der Waals surface area contributed by atoms with Gasteiger partial charge >= 0.3 is 6.03 Å². The van der Waals surface area contributed by atoms with Crippen LogP contribution in [0.4, 0.5) is 10.5 Å². The van der Waals surface area contributed by atoms with Gasteiger partial charge in [0.2, 0.25) is 5.91 Å². The number of halogens is 1. The molecule has 0 spiro atoms. The molecule has 3 aromatic carbocycles. The number of nitrogens with one attached hydrogen (secondary N) is 1. The number of hydrogen-bond acceptors (Lipinski definition) is 2. The highest BCUT2D eigenvalue weighted by Crippen LogP contribution is 2.24. The van der Waals surface area contributed by atoms with Crippen LogP contribution in [-0.2, 0) is 4.79 Å². The van der Waals surface area contributed by atoms with Crippen LogP contribution in [-0.4, -0.2) is 36.5 Å². The maximum atomic E-state index is 12.9. The molecule has 152 valence electrons. The van der Waals surface area contributed by atoms with Crippen LogP contribution in [0, 0.1) is 0 Å². The van der Waals surface area contributed by atoms with Crippen molar-refractivity contribution < 1.29 is 9.59 Å². The van der Waals surface area contributed by atoms with E-state index in [1.165, 1.54) is 0 Å². The van der Waals surface area contributed by atoms with Gasteiger partial charge in [-0.3, -0.25) is 9.69 Å². The summed E-state index contributed by atoms with van der Waals surface area (Å²) in [7, 11) is 0. The van der Waals surface area contributed by atoms with Crippen molar-refractivity contribution in [2.24, 2.45) is 0 Å². The number of carbonyl (C=O) groups is 2. The largest absolute Gasteiger partial charge is 0.344 e. The lowest BCUT2D eigenvalue weighted by Crippen LogP contribution is -2.41. The Morgan fingerprint density at radius 1 is 0.900 bits per heavy atom. The van der Waals surface area contributed by atoms with Gasteiger partial charge in [0.05, 0.1) is 6.04 Å². The summed E-state index contributed by atoms with van der Waals surface area (Å²) in [6.07, 6.45) is 0. The molecule has 6 heteroatoms. The Morgan fingerprint density at radius 3 is 2.13 bits per heavy atom. The molecule has 0 saturated carbocycles. The van der Waals surface area contributed by atoms with Crippen molar-refractivity contribution in [3.63, 3.8) is 0 Å². The average molecular weight is 420 g/mol. The van der Waals surface area contributed by atoms with E-state index in [1.807, 2.05) is 72.8 Å². The molecule has 1 saturated heterocycles. The molecular formula is C24H22ClN3O2. The third kappa shape index (κ3) is 4.47. The van der Waals surface area contributed by atoms with E-state index in [1.54, 1.807) is 21.9 Å². The summed E-state index contributed by atoms with van der Waals surface area (Å²) in [6, 6.07) is 26.3. The van der Waals surface area contributed by atoms with Crippen LogP contribution in [0.2, 0.25) is 5.02 Å². The zero-order valence-electron chi connectivity index (χ0n) is 16.4. The second-order valence-electron chi connectivity index (χ2n) is 7.16. The molecule has 1 heterocycles. The molecule has 3 aromatic rings. The summed E-state index contributed by atoms with van der Waals surface area (Å²) >= 11 is 6.05. The molecule has 0 bridgehead atoms. The summed E-state index contributed by atoms with van der Waals surface area (Å²) in [6.45, 7) is 1.01. The Balaban J connectivity index is 1.46. The minimum Gasteiger partial charge on any atom is -0.344 e. The fourth-order valence-electron chi connectivity index (χ4n) is 3.64. The second kappa shape index (κ2) is 9.01. The number of amides is 3. The summed E-state index contributed by atoms with van der Waals surface area (Å²) in [5, 5.41) is 3.66. The molecule has 5 nitrogen and oxygen atoms in total. The van der Waals surface area contributed by atoms with E-state index in [0.717, 1.165) is 16.8 Å². The van der Waals surface area contributed by atoms with Crippen LogP contribution in [0.15, 0.2) is 84.9 Å². The molecular weight excluding hydrogens is 398 g/mol. The van der Waals surface area contributed by atoms with E-state index in [4.69, 9.17) is 11.6 Å². The van der Waals surface area contributed by atoms with Crippen molar-refractivity contribution in [2.75, 3.05) is 24.5 Å². The quantitative estimate of drug-likeness (QED) is 0.640. The Morgan fingerprint density at radius 2 is 1.53 bits per heavy atom. The Bertz CT molecular complexity index is 987. The minimum atomic E-state index is -0.276. The van der Waals surface area contributed by atoms with Gasteiger partial charge in [0.25, 0.3) is 0 Å². The lowest BCUT2D eigenvalue weighted by atomic mass is 9.99. The number of carbonyl (C=O) groups excluding carboxylic acids is 2. The van der Waals surface area contributed by atoms with E-state index in [2.05, 4.69) is 5.32 Å². The van der Waals surface area contributed by atoms with Crippen LogP contribution < -0.4 is 10.2 Å². The molecule has 0 aromatic heterocycles. The van der Waals surface area contributed by atoms with Gasteiger partial charge in [-0.1, -0.05) is 78.3 Å². The van der Waals surface area contributed by atoms with E-state index in [9.17, 15) is 9.59 Å². The molecule has 0 radical (unpaired) electrons. The van der Waals surface area contributed by atoms with Gasteiger partial charge in [-0.05, 0) is 29.3 Å². The van der Waals surface area contributed by atoms with Gasteiger partial charge in [0, 0.05) is 23.8 Å². The minimum absolute atomic E-state index is 0.00602. The smallest absolute Gasteiger partial charge is 0.325 e. The molecule has 0 atom stereocenters. The lowest BCUT2D eigenvalue weighted by molar-refractivity contribution is -0.122. The number of anilines is 1. The average Bonchev–Trinajstić information content (AvgIpc) is 3.13. The Kier molecular flexibility index (Phi) is 6.00. The number of urea groups is 1. The standard InChI is InChI=1S/C24H22ClN3O2/c25-20-12-7-13-21(16-20)28-15-14-27(24(28)30)17-22(29)26-23(18-8-3-1-4-9-18)19-10-5-2-6-11-19/h1-13,16,23H,14-15,17H2,(H,26,29). The van der Waals surface area contributed by atoms with Crippen LogP contribution >= 0.6 is 11.6 Å². The summed E-state index contributed by atoms with van der Waals surface area (Å²) in [4.78, 5) is 28.9. The van der Waals surface area contributed by atoms with Crippen molar-refractivity contribution in [3.8, 4) is 0 Å². The maximum absolute atomic E-state index is 12.9. The summed E-state index contributed by atoms with van der Waals surface area (Å²) < 4.78 is 0. The van der Waals surface area contributed by atoms with Crippen molar-refractivity contribution in [1.82, 2.24) is 10.2 Å². The first-order valence-corrected chi connectivity index (χ1v) is 10.2. The molecule has 0 unspecified atom stereocenters. The monoisotopic (exact) mass is 419 g/mol. The third-order valence-corrected chi connectivity index (χ3v) is 5.36. The van der Waals surface area contributed by atoms with E-state index in [0.29, 0.717) is 18.1 Å². The number of rotatable bonds is 6. The Labute approximate surface area is 180 Å². The van der Waals surface area contributed by atoms with Crippen molar-refractivity contribution in [1.29, 1.82) is 0 Å².